The minimum atomic E-state index is 0.0451. The second kappa shape index (κ2) is 5.74. The molecule has 2 N–H and O–H groups in total. The van der Waals surface area contributed by atoms with Crippen molar-refractivity contribution in [3.8, 4) is 5.75 Å². The summed E-state index contributed by atoms with van der Waals surface area (Å²) in [6.07, 6.45) is 4.27. The molecule has 0 bridgehead atoms. The van der Waals surface area contributed by atoms with Gasteiger partial charge in [-0.1, -0.05) is 24.1 Å². The molecule has 0 aromatic heterocycles. The number of fused-ring (bicyclic) bond motifs is 1. The fourth-order valence-corrected chi connectivity index (χ4v) is 4.00. The van der Waals surface area contributed by atoms with Crippen molar-refractivity contribution in [2.75, 3.05) is 26.7 Å². The van der Waals surface area contributed by atoms with Gasteiger partial charge in [-0.25, -0.2) is 0 Å². The van der Waals surface area contributed by atoms with Crippen LogP contribution >= 0.6 is 0 Å². The zero-order valence-electron chi connectivity index (χ0n) is 12.6. The van der Waals surface area contributed by atoms with Crippen LogP contribution in [-0.4, -0.2) is 31.6 Å². The summed E-state index contributed by atoms with van der Waals surface area (Å²) in [5, 5.41) is 0. The van der Waals surface area contributed by atoms with Gasteiger partial charge in [0.1, 0.15) is 5.75 Å². The van der Waals surface area contributed by atoms with Gasteiger partial charge in [0.15, 0.2) is 0 Å². The molecule has 3 nitrogen and oxygen atoms in total. The number of rotatable bonds is 4. The number of likely N-dealkylation sites (tertiary alicyclic amines) is 1. The SMILES string of the molecule is COc1ccc(C)cc1C(N)CN1CC2CCCC2C1. The van der Waals surface area contributed by atoms with Crippen LogP contribution < -0.4 is 10.5 Å². The first-order valence-electron chi connectivity index (χ1n) is 7.80. The summed E-state index contributed by atoms with van der Waals surface area (Å²) in [4.78, 5) is 2.56. The van der Waals surface area contributed by atoms with Gasteiger partial charge in [0.2, 0.25) is 0 Å². The lowest BCUT2D eigenvalue weighted by molar-refractivity contribution is 0.288. The third kappa shape index (κ3) is 2.70. The molecule has 2 aliphatic rings. The van der Waals surface area contributed by atoms with Gasteiger partial charge in [-0.2, -0.15) is 0 Å². The average Bonchev–Trinajstić information content (AvgIpc) is 2.99. The number of aryl methyl sites for hydroxylation is 1. The molecule has 20 heavy (non-hydrogen) atoms. The zero-order chi connectivity index (χ0) is 14.1. The molecule has 1 saturated heterocycles. The Balaban J connectivity index is 1.67. The van der Waals surface area contributed by atoms with E-state index in [0.29, 0.717) is 0 Å². The fourth-order valence-electron chi connectivity index (χ4n) is 4.00. The van der Waals surface area contributed by atoms with Crippen LogP contribution in [0, 0.1) is 18.8 Å². The van der Waals surface area contributed by atoms with E-state index in [0.717, 1.165) is 29.7 Å². The molecule has 2 fully saturated rings. The van der Waals surface area contributed by atoms with Crippen molar-refractivity contribution in [3.63, 3.8) is 0 Å². The maximum atomic E-state index is 6.45. The standard InChI is InChI=1S/C17H26N2O/c1-12-6-7-17(20-2)15(8-12)16(18)11-19-9-13-4-3-5-14(13)10-19/h6-8,13-14,16H,3-5,9-11,18H2,1-2H3. The van der Waals surface area contributed by atoms with Crippen LogP contribution in [0.5, 0.6) is 5.75 Å². The lowest BCUT2D eigenvalue weighted by atomic mass is 10.0. The van der Waals surface area contributed by atoms with Gasteiger partial charge >= 0.3 is 0 Å². The predicted molar refractivity (Wildman–Crippen MR) is 81.9 cm³/mol. The first kappa shape index (κ1) is 13.9. The van der Waals surface area contributed by atoms with Gasteiger partial charge in [0, 0.05) is 31.2 Å². The largest absolute Gasteiger partial charge is 0.496 e. The lowest BCUT2D eigenvalue weighted by Gasteiger charge is -2.23. The number of benzene rings is 1. The summed E-state index contributed by atoms with van der Waals surface area (Å²) in [5.41, 5.74) is 8.84. The molecule has 3 unspecified atom stereocenters. The molecule has 3 rings (SSSR count). The monoisotopic (exact) mass is 274 g/mol. The summed E-state index contributed by atoms with van der Waals surface area (Å²) in [6, 6.07) is 6.32. The average molecular weight is 274 g/mol. The van der Waals surface area contributed by atoms with E-state index in [1.807, 2.05) is 6.07 Å². The Hall–Kier alpha value is -1.06. The first-order valence-corrected chi connectivity index (χ1v) is 7.80. The number of ether oxygens (including phenoxy) is 1. The second-order valence-electron chi connectivity index (χ2n) is 6.52. The van der Waals surface area contributed by atoms with E-state index >= 15 is 0 Å². The Kier molecular flexibility index (Phi) is 3.99. The normalized spacial score (nSPS) is 27.6. The van der Waals surface area contributed by atoms with Crippen LogP contribution in [0.1, 0.15) is 36.4 Å². The minimum Gasteiger partial charge on any atom is -0.496 e. The third-order valence-electron chi connectivity index (χ3n) is 5.04. The number of nitrogens with two attached hydrogens (primary N) is 1. The van der Waals surface area contributed by atoms with E-state index in [1.54, 1.807) is 7.11 Å². The van der Waals surface area contributed by atoms with Crippen molar-refractivity contribution in [2.24, 2.45) is 17.6 Å². The molecular formula is C17H26N2O. The van der Waals surface area contributed by atoms with E-state index in [2.05, 4.69) is 24.0 Å². The Labute approximate surface area is 122 Å². The quantitative estimate of drug-likeness (QED) is 0.917. The van der Waals surface area contributed by atoms with Crippen molar-refractivity contribution in [2.45, 2.75) is 32.2 Å². The van der Waals surface area contributed by atoms with E-state index in [9.17, 15) is 0 Å². The smallest absolute Gasteiger partial charge is 0.123 e. The molecule has 1 aliphatic carbocycles. The maximum absolute atomic E-state index is 6.45. The molecule has 0 radical (unpaired) electrons. The van der Waals surface area contributed by atoms with Gasteiger partial charge in [0.25, 0.3) is 0 Å². The topological polar surface area (TPSA) is 38.5 Å². The summed E-state index contributed by atoms with van der Waals surface area (Å²) >= 11 is 0. The third-order valence-corrected chi connectivity index (χ3v) is 5.04. The predicted octanol–water partition coefficient (Wildman–Crippen LogP) is 2.74. The molecule has 1 aliphatic heterocycles. The summed E-state index contributed by atoms with van der Waals surface area (Å²) < 4.78 is 5.46. The first-order chi connectivity index (χ1) is 9.67. The Morgan fingerprint density at radius 3 is 2.65 bits per heavy atom. The van der Waals surface area contributed by atoms with Crippen molar-refractivity contribution in [3.05, 3.63) is 29.3 Å². The van der Waals surface area contributed by atoms with Gasteiger partial charge in [-0.3, -0.25) is 0 Å². The molecule has 0 amide bonds. The number of hydrogen-bond donors (Lipinski definition) is 1. The highest BCUT2D eigenvalue weighted by molar-refractivity contribution is 5.39. The Morgan fingerprint density at radius 2 is 2.00 bits per heavy atom. The minimum absolute atomic E-state index is 0.0451. The fraction of sp³-hybridized carbons (Fsp3) is 0.647. The van der Waals surface area contributed by atoms with Crippen LogP contribution in [0.15, 0.2) is 18.2 Å². The molecule has 3 atom stereocenters. The van der Waals surface area contributed by atoms with Crippen molar-refractivity contribution < 1.29 is 4.74 Å². The maximum Gasteiger partial charge on any atom is 0.123 e. The molecule has 1 heterocycles. The van der Waals surface area contributed by atoms with Crippen molar-refractivity contribution in [1.29, 1.82) is 0 Å². The highest BCUT2D eigenvalue weighted by Crippen LogP contribution is 2.38. The molecule has 1 saturated carbocycles. The van der Waals surface area contributed by atoms with Crippen LogP contribution in [0.4, 0.5) is 0 Å². The summed E-state index contributed by atoms with van der Waals surface area (Å²) in [5.74, 6) is 2.78. The number of nitrogens with zero attached hydrogens (tertiary/aromatic N) is 1. The number of methoxy groups -OCH3 is 1. The van der Waals surface area contributed by atoms with E-state index < -0.39 is 0 Å². The van der Waals surface area contributed by atoms with E-state index in [-0.39, 0.29) is 6.04 Å². The second-order valence-corrected chi connectivity index (χ2v) is 6.52. The summed E-state index contributed by atoms with van der Waals surface area (Å²) in [7, 11) is 1.72. The van der Waals surface area contributed by atoms with Gasteiger partial charge in [0.05, 0.1) is 7.11 Å². The van der Waals surface area contributed by atoms with Crippen LogP contribution in [0.3, 0.4) is 0 Å². The lowest BCUT2D eigenvalue weighted by Crippen LogP contribution is -2.31. The highest BCUT2D eigenvalue weighted by Gasteiger charge is 2.36. The molecule has 1 aromatic rings. The summed E-state index contributed by atoms with van der Waals surface area (Å²) in [6.45, 7) is 5.54. The van der Waals surface area contributed by atoms with Crippen LogP contribution in [0.25, 0.3) is 0 Å². The molecule has 0 spiro atoms. The van der Waals surface area contributed by atoms with E-state index in [4.69, 9.17) is 10.5 Å². The number of hydrogen-bond acceptors (Lipinski definition) is 3. The van der Waals surface area contributed by atoms with E-state index in [1.165, 1.54) is 37.9 Å². The van der Waals surface area contributed by atoms with Gasteiger partial charge in [-0.05, 0) is 37.7 Å². The molecule has 110 valence electrons. The van der Waals surface area contributed by atoms with Gasteiger partial charge in [-0.15, -0.1) is 0 Å². The Morgan fingerprint density at radius 1 is 1.30 bits per heavy atom. The Bertz CT molecular complexity index is 462. The van der Waals surface area contributed by atoms with Crippen molar-refractivity contribution in [1.82, 2.24) is 4.90 Å². The zero-order valence-corrected chi connectivity index (χ0v) is 12.6. The highest BCUT2D eigenvalue weighted by atomic mass is 16.5. The molecule has 3 heteroatoms. The van der Waals surface area contributed by atoms with Crippen LogP contribution in [-0.2, 0) is 0 Å². The molecule has 1 aromatic carbocycles. The van der Waals surface area contributed by atoms with Gasteiger partial charge < -0.3 is 15.4 Å². The van der Waals surface area contributed by atoms with Crippen LogP contribution in [0.2, 0.25) is 0 Å². The van der Waals surface area contributed by atoms with Crippen molar-refractivity contribution >= 4 is 0 Å². The molecular weight excluding hydrogens is 248 g/mol.